The van der Waals surface area contributed by atoms with E-state index in [0.29, 0.717) is 0 Å². The van der Waals surface area contributed by atoms with Gasteiger partial charge in [-0.05, 0) is 10.4 Å². The Hall–Kier alpha value is -1.77. The molecule has 12 heavy (non-hydrogen) atoms. The van der Waals surface area contributed by atoms with Crippen LogP contribution in [0.25, 0.3) is 12.4 Å². The molecule has 3 heteroatoms. The Morgan fingerprint density at radius 3 is 1.92 bits per heavy atom. The Kier molecular flexibility index (Phi) is 1.55. The summed E-state index contributed by atoms with van der Waals surface area (Å²) in [6.07, 6.45) is 3.38. The van der Waals surface area contributed by atoms with Gasteiger partial charge in [-0.1, -0.05) is 24.3 Å². The van der Waals surface area contributed by atoms with Gasteiger partial charge in [-0.25, -0.2) is 4.79 Å². The number of hydrogen-bond donors (Lipinski definition) is 2. The summed E-state index contributed by atoms with van der Waals surface area (Å²) in [4.78, 5) is 10.9. The molecule has 1 aliphatic heterocycles. The number of benzene rings is 1. The van der Waals surface area contributed by atoms with E-state index in [2.05, 4.69) is 10.6 Å². The third-order valence-corrected chi connectivity index (χ3v) is 1.71. The third kappa shape index (κ3) is 1.16. The average Bonchev–Trinajstić information content (AvgIpc) is 2.29. The van der Waals surface area contributed by atoms with Gasteiger partial charge in [-0.2, -0.15) is 0 Å². The molecule has 2 amide bonds. The minimum absolute atomic E-state index is 0.203. The van der Waals surface area contributed by atoms with E-state index in [0.717, 1.165) is 10.4 Å². The molecule has 1 aromatic carbocycles. The molecule has 0 unspecified atom stereocenters. The summed E-state index contributed by atoms with van der Waals surface area (Å²) >= 11 is 0. The van der Waals surface area contributed by atoms with Crippen LogP contribution in [0.15, 0.2) is 24.3 Å². The number of urea groups is 1. The van der Waals surface area contributed by atoms with Gasteiger partial charge in [0.1, 0.15) is 0 Å². The molecule has 0 bridgehead atoms. The number of carbonyl (C=O) groups excluding carboxylic acids is 1. The lowest BCUT2D eigenvalue weighted by molar-refractivity contribution is 0.249. The molecule has 1 aliphatic rings. The highest BCUT2D eigenvalue weighted by atomic mass is 16.2. The first-order valence-electron chi connectivity index (χ1n) is 3.69. The molecule has 0 saturated heterocycles. The first kappa shape index (κ1) is 6.91. The maximum Gasteiger partial charge on any atom is 0.322 e. The second-order valence-electron chi connectivity index (χ2n) is 2.54. The van der Waals surface area contributed by atoms with Crippen LogP contribution in [0.3, 0.4) is 0 Å². The topological polar surface area (TPSA) is 41.1 Å². The second kappa shape index (κ2) is 2.70. The molecular formula is C9H8N2O. The summed E-state index contributed by atoms with van der Waals surface area (Å²) in [7, 11) is 0. The monoisotopic (exact) mass is 160 g/mol. The van der Waals surface area contributed by atoms with Crippen LogP contribution in [0.2, 0.25) is 0 Å². The van der Waals surface area contributed by atoms with Crippen LogP contribution in [-0.2, 0) is 0 Å². The van der Waals surface area contributed by atoms with E-state index in [1.165, 1.54) is 0 Å². The normalized spacial score (nSPS) is 14.2. The molecule has 2 rings (SSSR count). The maximum absolute atomic E-state index is 10.9. The van der Waals surface area contributed by atoms with Gasteiger partial charge in [0.05, 0.1) is 0 Å². The van der Waals surface area contributed by atoms with Crippen molar-refractivity contribution in [2.24, 2.45) is 0 Å². The lowest BCUT2D eigenvalue weighted by Gasteiger charge is -1.92. The van der Waals surface area contributed by atoms with Crippen molar-refractivity contribution >= 4 is 18.4 Å². The smallest absolute Gasteiger partial charge is 0.314 e. The fourth-order valence-corrected chi connectivity index (χ4v) is 1.10. The summed E-state index contributed by atoms with van der Waals surface area (Å²) in [5.74, 6) is 0. The Morgan fingerprint density at radius 2 is 1.42 bits per heavy atom. The molecule has 0 radical (unpaired) electrons. The molecular weight excluding hydrogens is 152 g/mol. The van der Waals surface area contributed by atoms with Crippen molar-refractivity contribution in [1.29, 1.82) is 0 Å². The van der Waals surface area contributed by atoms with Gasteiger partial charge < -0.3 is 10.6 Å². The van der Waals surface area contributed by atoms with Crippen molar-refractivity contribution in [3.8, 4) is 0 Å². The lowest BCUT2D eigenvalue weighted by Crippen LogP contribution is -2.26. The van der Waals surface area contributed by atoms with E-state index in [1.807, 2.05) is 24.3 Å². The Balaban J connectivity index is 2.69. The van der Waals surface area contributed by atoms with E-state index in [-0.39, 0.29) is 6.03 Å². The van der Waals surface area contributed by atoms with Gasteiger partial charge in [0.15, 0.2) is 0 Å². The van der Waals surface area contributed by atoms with Gasteiger partial charge >= 0.3 is 6.03 Å². The summed E-state index contributed by atoms with van der Waals surface area (Å²) in [6, 6.07) is 7.55. The van der Waals surface area contributed by atoms with E-state index < -0.39 is 0 Å². The van der Waals surface area contributed by atoms with Crippen LogP contribution in [0.1, 0.15) is 0 Å². The Morgan fingerprint density at radius 1 is 0.917 bits per heavy atom. The number of rotatable bonds is 0. The molecule has 0 fully saturated rings. The molecule has 0 aromatic heterocycles. The number of carbonyl (C=O) groups is 1. The van der Waals surface area contributed by atoms with Crippen molar-refractivity contribution in [2.75, 3.05) is 0 Å². The maximum atomic E-state index is 10.9. The number of nitrogens with one attached hydrogen (secondary N) is 2. The summed E-state index contributed by atoms with van der Waals surface area (Å²) in [5.41, 5.74) is 0. The zero-order valence-corrected chi connectivity index (χ0v) is 6.37. The molecule has 2 N–H and O–H groups in total. The van der Waals surface area contributed by atoms with Gasteiger partial charge in [0, 0.05) is 12.4 Å². The number of hydrogen-bond acceptors (Lipinski definition) is 1. The number of amides is 2. The fraction of sp³-hybridized carbons (Fsp3) is 0. The predicted octanol–water partition coefficient (Wildman–Crippen LogP) is -0.525. The van der Waals surface area contributed by atoms with Crippen molar-refractivity contribution in [1.82, 2.24) is 10.6 Å². The van der Waals surface area contributed by atoms with Crippen molar-refractivity contribution in [3.05, 3.63) is 34.7 Å². The predicted molar refractivity (Wildman–Crippen MR) is 46.3 cm³/mol. The van der Waals surface area contributed by atoms with Crippen LogP contribution in [-0.4, -0.2) is 6.03 Å². The van der Waals surface area contributed by atoms with E-state index in [1.54, 1.807) is 12.4 Å². The molecule has 1 aromatic rings. The standard InChI is InChI=1S/C9H8N2O/c12-9-10-5-7-3-1-2-4-8(7)6-11-9/h1-6H,(H2,10,11,12). The summed E-state index contributed by atoms with van der Waals surface area (Å²) < 4.78 is 0. The third-order valence-electron chi connectivity index (χ3n) is 1.71. The minimum atomic E-state index is -0.203. The molecule has 0 spiro atoms. The van der Waals surface area contributed by atoms with E-state index in [4.69, 9.17) is 0 Å². The first-order valence-corrected chi connectivity index (χ1v) is 3.69. The molecule has 1 heterocycles. The SMILES string of the molecule is O=C1NC=c2ccccc2=CN1. The highest BCUT2D eigenvalue weighted by molar-refractivity contribution is 5.82. The zero-order valence-electron chi connectivity index (χ0n) is 6.37. The highest BCUT2D eigenvalue weighted by Crippen LogP contribution is 1.74. The van der Waals surface area contributed by atoms with Gasteiger partial charge in [-0.3, -0.25) is 0 Å². The largest absolute Gasteiger partial charge is 0.322 e. The zero-order chi connectivity index (χ0) is 8.39. The van der Waals surface area contributed by atoms with Crippen molar-refractivity contribution in [3.63, 3.8) is 0 Å². The van der Waals surface area contributed by atoms with Gasteiger partial charge in [-0.15, -0.1) is 0 Å². The quantitative estimate of drug-likeness (QED) is 0.526. The second-order valence-corrected chi connectivity index (χ2v) is 2.54. The molecule has 60 valence electrons. The first-order chi connectivity index (χ1) is 5.86. The lowest BCUT2D eigenvalue weighted by atomic mass is 10.2. The average molecular weight is 160 g/mol. The van der Waals surface area contributed by atoms with Crippen LogP contribution in [0.4, 0.5) is 4.79 Å². The number of fused-ring (bicyclic) bond motifs is 1. The molecule has 3 nitrogen and oxygen atoms in total. The van der Waals surface area contributed by atoms with Crippen LogP contribution in [0, 0.1) is 0 Å². The van der Waals surface area contributed by atoms with Crippen molar-refractivity contribution in [2.45, 2.75) is 0 Å². The summed E-state index contributed by atoms with van der Waals surface area (Å²) in [6.45, 7) is 0. The van der Waals surface area contributed by atoms with Crippen LogP contribution >= 0.6 is 0 Å². The molecule has 0 saturated carbocycles. The Labute approximate surface area is 69.4 Å². The van der Waals surface area contributed by atoms with E-state index >= 15 is 0 Å². The highest BCUT2D eigenvalue weighted by Gasteiger charge is 1.96. The van der Waals surface area contributed by atoms with Crippen molar-refractivity contribution < 1.29 is 4.79 Å². The van der Waals surface area contributed by atoms with Crippen LogP contribution in [0.5, 0.6) is 0 Å². The fourth-order valence-electron chi connectivity index (χ4n) is 1.10. The molecule has 0 aliphatic carbocycles. The molecule has 0 atom stereocenters. The van der Waals surface area contributed by atoms with E-state index in [9.17, 15) is 4.79 Å². The Bertz CT molecular complexity index is 383. The van der Waals surface area contributed by atoms with Gasteiger partial charge in [0.2, 0.25) is 0 Å². The van der Waals surface area contributed by atoms with Gasteiger partial charge in [0.25, 0.3) is 0 Å². The summed E-state index contributed by atoms with van der Waals surface area (Å²) in [5, 5.41) is 7.21. The van der Waals surface area contributed by atoms with Crippen LogP contribution < -0.4 is 21.1 Å². The minimum Gasteiger partial charge on any atom is -0.314 e.